The lowest BCUT2D eigenvalue weighted by atomic mass is 10.1. The number of rotatable bonds is 5. The van der Waals surface area contributed by atoms with Crippen LogP contribution in [0.3, 0.4) is 0 Å². The first-order chi connectivity index (χ1) is 10.6. The lowest BCUT2D eigenvalue weighted by Crippen LogP contribution is -2.36. The van der Waals surface area contributed by atoms with E-state index in [-0.39, 0.29) is 17.5 Å². The van der Waals surface area contributed by atoms with E-state index >= 15 is 0 Å². The van der Waals surface area contributed by atoms with Crippen molar-refractivity contribution in [3.63, 3.8) is 0 Å². The van der Waals surface area contributed by atoms with Crippen LogP contribution in [0, 0.1) is 0 Å². The maximum Gasteiger partial charge on any atom is 0.317 e. The minimum Gasteiger partial charge on any atom is -0.336 e. The summed E-state index contributed by atoms with van der Waals surface area (Å²) in [7, 11) is -3.57. The lowest BCUT2D eigenvalue weighted by Gasteiger charge is -2.14. The topological polar surface area (TPSA) is 78.5 Å². The second-order valence-corrected chi connectivity index (χ2v) is 6.89. The predicted octanol–water partition coefficient (Wildman–Crippen LogP) is 1.14. The van der Waals surface area contributed by atoms with Crippen molar-refractivity contribution in [2.45, 2.75) is 4.90 Å². The third kappa shape index (κ3) is 3.05. The van der Waals surface area contributed by atoms with Crippen LogP contribution >= 0.6 is 0 Å². The van der Waals surface area contributed by atoms with E-state index in [1.54, 1.807) is 23.1 Å². The zero-order valence-corrected chi connectivity index (χ0v) is 12.8. The van der Waals surface area contributed by atoms with E-state index in [0.717, 1.165) is 10.8 Å². The highest BCUT2D eigenvalue weighted by molar-refractivity contribution is 7.89. The first kappa shape index (κ1) is 14.8. The molecule has 7 heteroatoms. The molecule has 0 spiro atoms. The smallest absolute Gasteiger partial charge is 0.317 e. The average Bonchev–Trinajstić information content (AvgIpc) is 2.92. The fourth-order valence-corrected chi connectivity index (χ4v) is 3.51. The summed E-state index contributed by atoms with van der Waals surface area (Å²) in [6, 6.07) is 12.5. The van der Waals surface area contributed by atoms with Gasteiger partial charge in [0.05, 0.1) is 4.90 Å². The van der Waals surface area contributed by atoms with Crippen LogP contribution in [0.25, 0.3) is 10.8 Å². The minimum absolute atomic E-state index is 0.148. The van der Waals surface area contributed by atoms with Crippen LogP contribution in [0.5, 0.6) is 0 Å². The zero-order chi connectivity index (χ0) is 15.6. The van der Waals surface area contributed by atoms with Gasteiger partial charge in [0.25, 0.3) is 0 Å². The largest absolute Gasteiger partial charge is 0.336 e. The summed E-state index contributed by atoms with van der Waals surface area (Å²) in [5.74, 6) is 0. The summed E-state index contributed by atoms with van der Waals surface area (Å²) >= 11 is 0. The van der Waals surface area contributed by atoms with Crippen molar-refractivity contribution in [2.75, 3.05) is 26.2 Å². The Morgan fingerprint density at radius 1 is 1.14 bits per heavy atom. The first-order valence-electron chi connectivity index (χ1n) is 7.07. The number of carbonyl (C=O) groups is 1. The van der Waals surface area contributed by atoms with Crippen LogP contribution in [-0.4, -0.2) is 45.5 Å². The number of amides is 2. The molecule has 6 nitrogen and oxygen atoms in total. The van der Waals surface area contributed by atoms with Crippen molar-refractivity contribution in [2.24, 2.45) is 0 Å². The van der Waals surface area contributed by atoms with Crippen molar-refractivity contribution in [1.82, 2.24) is 14.9 Å². The van der Waals surface area contributed by atoms with E-state index < -0.39 is 10.0 Å². The standard InChI is InChI=1S/C15H17N3O3S/c19-15-16-7-9-18(15)10-8-17-22(20,21)14-6-5-12-3-1-2-4-13(12)11-14/h1-6,11,17H,7-10H2,(H,16,19). The number of urea groups is 1. The van der Waals surface area contributed by atoms with Gasteiger partial charge in [-0.2, -0.15) is 0 Å². The number of nitrogens with zero attached hydrogens (tertiary/aromatic N) is 1. The molecule has 2 amide bonds. The van der Waals surface area contributed by atoms with Gasteiger partial charge in [-0.15, -0.1) is 0 Å². The Morgan fingerprint density at radius 3 is 2.64 bits per heavy atom. The normalized spacial score (nSPS) is 15.3. The number of nitrogens with one attached hydrogen (secondary N) is 2. The molecule has 1 heterocycles. The molecule has 2 aromatic carbocycles. The van der Waals surface area contributed by atoms with Gasteiger partial charge in [-0.1, -0.05) is 30.3 Å². The Morgan fingerprint density at radius 2 is 1.91 bits per heavy atom. The van der Waals surface area contributed by atoms with Gasteiger partial charge >= 0.3 is 6.03 Å². The molecule has 1 saturated heterocycles. The number of hydrogen-bond donors (Lipinski definition) is 2. The second kappa shape index (κ2) is 5.94. The van der Waals surface area contributed by atoms with Crippen LogP contribution in [0.1, 0.15) is 0 Å². The fourth-order valence-electron chi connectivity index (χ4n) is 2.46. The van der Waals surface area contributed by atoms with Gasteiger partial charge in [-0.3, -0.25) is 0 Å². The molecule has 0 atom stereocenters. The van der Waals surface area contributed by atoms with E-state index in [1.807, 2.05) is 24.3 Å². The fraction of sp³-hybridized carbons (Fsp3) is 0.267. The van der Waals surface area contributed by atoms with E-state index in [2.05, 4.69) is 10.0 Å². The zero-order valence-electron chi connectivity index (χ0n) is 12.0. The van der Waals surface area contributed by atoms with Gasteiger partial charge in [0, 0.05) is 26.2 Å². The van der Waals surface area contributed by atoms with Crippen molar-refractivity contribution in [3.05, 3.63) is 42.5 Å². The van der Waals surface area contributed by atoms with Crippen molar-refractivity contribution in [3.8, 4) is 0 Å². The number of fused-ring (bicyclic) bond motifs is 1. The summed E-state index contributed by atoms with van der Waals surface area (Å²) < 4.78 is 27.1. The molecule has 0 radical (unpaired) electrons. The van der Waals surface area contributed by atoms with Crippen LogP contribution in [0.2, 0.25) is 0 Å². The number of benzene rings is 2. The first-order valence-corrected chi connectivity index (χ1v) is 8.56. The molecule has 0 aromatic heterocycles. The molecule has 1 aliphatic heterocycles. The highest BCUT2D eigenvalue weighted by Crippen LogP contribution is 2.18. The van der Waals surface area contributed by atoms with Gasteiger partial charge in [-0.25, -0.2) is 17.9 Å². The molecular formula is C15H17N3O3S. The molecule has 3 rings (SSSR count). The molecule has 1 aliphatic rings. The molecule has 0 unspecified atom stereocenters. The number of carbonyl (C=O) groups excluding carboxylic acids is 1. The molecule has 0 saturated carbocycles. The van der Waals surface area contributed by atoms with Crippen molar-refractivity contribution < 1.29 is 13.2 Å². The summed E-state index contributed by atoms with van der Waals surface area (Å²) in [5, 5.41) is 4.55. The summed E-state index contributed by atoms with van der Waals surface area (Å²) in [4.78, 5) is 13.2. The van der Waals surface area contributed by atoms with Crippen molar-refractivity contribution in [1.29, 1.82) is 0 Å². The van der Waals surface area contributed by atoms with Gasteiger partial charge in [0.15, 0.2) is 0 Å². The monoisotopic (exact) mass is 319 g/mol. The van der Waals surface area contributed by atoms with E-state index in [9.17, 15) is 13.2 Å². The maximum absolute atomic E-state index is 12.3. The molecule has 2 N–H and O–H groups in total. The van der Waals surface area contributed by atoms with Crippen LogP contribution in [0.4, 0.5) is 4.79 Å². The number of sulfonamides is 1. The summed E-state index contributed by atoms with van der Waals surface area (Å²) in [5.41, 5.74) is 0. The van der Waals surface area contributed by atoms with E-state index in [0.29, 0.717) is 19.6 Å². The molecule has 116 valence electrons. The Balaban J connectivity index is 1.69. The van der Waals surface area contributed by atoms with Crippen LogP contribution in [-0.2, 0) is 10.0 Å². The molecule has 2 aromatic rings. The van der Waals surface area contributed by atoms with E-state index in [1.165, 1.54) is 0 Å². The minimum atomic E-state index is -3.57. The molecule has 22 heavy (non-hydrogen) atoms. The molecule has 0 aliphatic carbocycles. The lowest BCUT2D eigenvalue weighted by molar-refractivity contribution is 0.218. The highest BCUT2D eigenvalue weighted by Gasteiger charge is 2.20. The quantitative estimate of drug-likeness (QED) is 0.867. The average molecular weight is 319 g/mol. The van der Waals surface area contributed by atoms with Crippen LogP contribution < -0.4 is 10.0 Å². The molecular weight excluding hydrogens is 302 g/mol. The Bertz CT molecular complexity index is 805. The summed E-state index contributed by atoms with van der Waals surface area (Å²) in [6.07, 6.45) is 0. The second-order valence-electron chi connectivity index (χ2n) is 5.13. The van der Waals surface area contributed by atoms with Crippen molar-refractivity contribution >= 4 is 26.8 Å². The Kier molecular flexibility index (Phi) is 4.00. The highest BCUT2D eigenvalue weighted by atomic mass is 32.2. The maximum atomic E-state index is 12.3. The Labute approximate surface area is 129 Å². The molecule has 1 fully saturated rings. The van der Waals surface area contributed by atoms with Gasteiger partial charge in [0.2, 0.25) is 10.0 Å². The third-order valence-corrected chi connectivity index (χ3v) is 5.11. The van der Waals surface area contributed by atoms with Gasteiger partial charge < -0.3 is 10.2 Å². The number of hydrogen-bond acceptors (Lipinski definition) is 3. The van der Waals surface area contributed by atoms with Gasteiger partial charge in [0.1, 0.15) is 0 Å². The SMILES string of the molecule is O=C1NCCN1CCNS(=O)(=O)c1ccc2ccccc2c1. The predicted molar refractivity (Wildman–Crippen MR) is 84.1 cm³/mol. The van der Waals surface area contributed by atoms with Gasteiger partial charge in [-0.05, 0) is 22.9 Å². The van der Waals surface area contributed by atoms with Crippen LogP contribution in [0.15, 0.2) is 47.4 Å². The molecule has 0 bridgehead atoms. The summed E-state index contributed by atoms with van der Waals surface area (Å²) in [6.45, 7) is 1.77. The third-order valence-electron chi connectivity index (χ3n) is 3.65. The van der Waals surface area contributed by atoms with E-state index in [4.69, 9.17) is 0 Å². The Hall–Kier alpha value is -2.12.